The van der Waals surface area contributed by atoms with Crippen LogP contribution in [0.4, 0.5) is 14.5 Å². The summed E-state index contributed by atoms with van der Waals surface area (Å²) < 4.78 is 28.4. The van der Waals surface area contributed by atoms with Gasteiger partial charge in [-0.15, -0.1) is 0 Å². The van der Waals surface area contributed by atoms with Gasteiger partial charge >= 0.3 is 0 Å². The predicted molar refractivity (Wildman–Crippen MR) is 88.9 cm³/mol. The van der Waals surface area contributed by atoms with Gasteiger partial charge in [0.25, 0.3) is 0 Å². The number of benzene rings is 1. The molecule has 3 heterocycles. The first kappa shape index (κ1) is 16.2. The zero-order valence-corrected chi connectivity index (χ0v) is 14.1. The van der Waals surface area contributed by atoms with Crippen LogP contribution in [0, 0.1) is 17.0 Å². The molecule has 2 saturated heterocycles. The summed E-state index contributed by atoms with van der Waals surface area (Å²) in [6.07, 6.45) is 5.24. The fourth-order valence-electron chi connectivity index (χ4n) is 4.03. The molecule has 2 aliphatic heterocycles. The van der Waals surface area contributed by atoms with Crippen LogP contribution in [0.2, 0.25) is 0 Å². The van der Waals surface area contributed by atoms with E-state index in [1.165, 1.54) is 6.07 Å². The summed E-state index contributed by atoms with van der Waals surface area (Å²) in [7, 11) is 1.89. The molecule has 7 heteroatoms. The van der Waals surface area contributed by atoms with E-state index in [1.807, 2.05) is 19.4 Å². The molecule has 1 atom stereocenters. The Hall–Kier alpha value is -2.28. The highest BCUT2D eigenvalue weighted by Gasteiger charge is 2.47. The van der Waals surface area contributed by atoms with Gasteiger partial charge in [0, 0.05) is 62.0 Å². The van der Waals surface area contributed by atoms with Crippen LogP contribution in [0.1, 0.15) is 18.4 Å². The van der Waals surface area contributed by atoms with Gasteiger partial charge < -0.3 is 4.90 Å². The molecule has 1 amide bonds. The van der Waals surface area contributed by atoms with Gasteiger partial charge in [-0.25, -0.2) is 8.78 Å². The maximum Gasteiger partial charge on any atom is 0.227 e. The summed E-state index contributed by atoms with van der Waals surface area (Å²) in [6.45, 7) is 3.12. The summed E-state index contributed by atoms with van der Waals surface area (Å²) in [5, 5.41) is 4.19. The minimum atomic E-state index is -0.920. The van der Waals surface area contributed by atoms with Crippen LogP contribution in [0.15, 0.2) is 30.6 Å². The quantitative estimate of drug-likeness (QED) is 0.857. The number of halogens is 2. The second-order valence-electron chi connectivity index (χ2n) is 7.24. The van der Waals surface area contributed by atoms with Crippen molar-refractivity contribution < 1.29 is 13.6 Å². The molecule has 2 aromatic rings. The molecule has 0 unspecified atom stereocenters. The first-order valence-corrected chi connectivity index (χ1v) is 8.39. The lowest BCUT2D eigenvalue weighted by atomic mass is 9.86. The van der Waals surface area contributed by atoms with E-state index in [-0.39, 0.29) is 11.3 Å². The van der Waals surface area contributed by atoms with Crippen LogP contribution in [-0.4, -0.2) is 40.2 Å². The normalized spacial score (nSPS) is 24.0. The van der Waals surface area contributed by atoms with Crippen LogP contribution in [-0.2, 0) is 18.4 Å². The van der Waals surface area contributed by atoms with Crippen molar-refractivity contribution in [2.75, 3.05) is 24.5 Å². The number of likely N-dealkylation sites (tertiary alicyclic amines) is 1. The summed E-state index contributed by atoms with van der Waals surface area (Å²) in [4.78, 5) is 16.4. The molecule has 132 valence electrons. The van der Waals surface area contributed by atoms with Crippen molar-refractivity contribution in [3.63, 3.8) is 0 Å². The van der Waals surface area contributed by atoms with Crippen molar-refractivity contribution in [3.05, 3.63) is 47.8 Å². The first-order chi connectivity index (χ1) is 11.9. The Labute approximate surface area is 144 Å². The fraction of sp³-hybridized carbons (Fsp3) is 0.444. The number of aryl methyl sites for hydroxylation is 1. The number of amides is 1. The molecular formula is C18H20F2N4O. The molecule has 25 heavy (non-hydrogen) atoms. The average molecular weight is 346 g/mol. The third-order valence-corrected chi connectivity index (χ3v) is 5.22. The molecule has 0 radical (unpaired) electrons. The van der Waals surface area contributed by atoms with Crippen molar-refractivity contribution in [3.8, 4) is 0 Å². The van der Waals surface area contributed by atoms with Crippen LogP contribution < -0.4 is 4.90 Å². The smallest absolute Gasteiger partial charge is 0.227 e. The van der Waals surface area contributed by atoms with E-state index in [2.05, 4.69) is 10.00 Å². The summed E-state index contributed by atoms with van der Waals surface area (Å²) in [5.74, 6) is -1.83. The molecule has 0 saturated carbocycles. The molecule has 0 N–H and O–H groups in total. The second-order valence-corrected chi connectivity index (χ2v) is 7.24. The van der Waals surface area contributed by atoms with Gasteiger partial charge in [-0.3, -0.25) is 14.4 Å². The number of carbonyl (C=O) groups excluding carboxylic acids is 1. The molecule has 4 rings (SSSR count). The maximum absolute atomic E-state index is 13.5. The SMILES string of the molecule is Cn1cc(CN2CC[C@@]3(CC(=O)N(c4ccc(F)c(F)c4)C3)C2)cn1. The van der Waals surface area contributed by atoms with Crippen molar-refractivity contribution in [1.82, 2.24) is 14.7 Å². The minimum absolute atomic E-state index is 0.0192. The van der Waals surface area contributed by atoms with E-state index >= 15 is 0 Å². The van der Waals surface area contributed by atoms with Gasteiger partial charge in [-0.1, -0.05) is 0 Å². The van der Waals surface area contributed by atoms with Gasteiger partial charge in [0.2, 0.25) is 5.91 Å². The van der Waals surface area contributed by atoms with E-state index in [4.69, 9.17) is 0 Å². The molecule has 2 aliphatic rings. The molecule has 5 nitrogen and oxygen atoms in total. The lowest BCUT2D eigenvalue weighted by Gasteiger charge is -2.24. The second kappa shape index (κ2) is 5.91. The monoisotopic (exact) mass is 346 g/mol. The third kappa shape index (κ3) is 3.04. The van der Waals surface area contributed by atoms with Gasteiger partial charge in [-0.05, 0) is 25.1 Å². The number of aromatic nitrogens is 2. The highest BCUT2D eigenvalue weighted by atomic mass is 19.2. The Kier molecular flexibility index (Phi) is 3.83. The Morgan fingerprint density at radius 1 is 1.24 bits per heavy atom. The lowest BCUT2D eigenvalue weighted by Crippen LogP contribution is -2.31. The number of rotatable bonds is 3. The van der Waals surface area contributed by atoms with Crippen molar-refractivity contribution in [2.45, 2.75) is 19.4 Å². The number of carbonyl (C=O) groups is 1. The Morgan fingerprint density at radius 3 is 2.80 bits per heavy atom. The highest BCUT2D eigenvalue weighted by molar-refractivity contribution is 5.96. The standard InChI is InChI=1S/C18H20F2N4O/c1-22-9-13(8-21-22)10-23-5-4-18(11-23)7-17(25)24(12-18)14-2-3-15(19)16(20)6-14/h2-3,6,8-9H,4-5,7,10-12H2,1H3/t18-/m1/s1. The number of hydrogen-bond donors (Lipinski definition) is 0. The molecule has 1 aromatic heterocycles. The minimum Gasteiger partial charge on any atom is -0.312 e. The Balaban J connectivity index is 1.47. The first-order valence-electron chi connectivity index (χ1n) is 8.39. The molecule has 1 spiro atoms. The predicted octanol–water partition coefficient (Wildman–Crippen LogP) is 2.33. The van der Waals surface area contributed by atoms with E-state index in [0.29, 0.717) is 18.7 Å². The lowest BCUT2D eigenvalue weighted by molar-refractivity contribution is -0.117. The van der Waals surface area contributed by atoms with E-state index in [1.54, 1.807) is 9.58 Å². The van der Waals surface area contributed by atoms with Crippen molar-refractivity contribution in [2.24, 2.45) is 12.5 Å². The zero-order chi connectivity index (χ0) is 17.6. The average Bonchev–Trinajstić information content (AvgIpc) is 3.23. The zero-order valence-electron chi connectivity index (χ0n) is 14.1. The third-order valence-electron chi connectivity index (χ3n) is 5.22. The van der Waals surface area contributed by atoms with Gasteiger partial charge in [-0.2, -0.15) is 5.10 Å². The van der Waals surface area contributed by atoms with Crippen LogP contribution in [0.5, 0.6) is 0 Å². The summed E-state index contributed by atoms with van der Waals surface area (Å²) >= 11 is 0. The number of anilines is 1. The maximum atomic E-state index is 13.5. The Bertz CT molecular complexity index is 821. The van der Waals surface area contributed by atoms with Gasteiger partial charge in [0.15, 0.2) is 11.6 Å². The van der Waals surface area contributed by atoms with Crippen molar-refractivity contribution in [1.29, 1.82) is 0 Å². The highest BCUT2D eigenvalue weighted by Crippen LogP contribution is 2.42. The fourth-order valence-corrected chi connectivity index (χ4v) is 4.03. The van der Waals surface area contributed by atoms with Gasteiger partial charge in [0.1, 0.15) is 0 Å². The summed E-state index contributed by atoms with van der Waals surface area (Å²) in [6, 6.07) is 3.65. The van der Waals surface area contributed by atoms with E-state index in [0.717, 1.165) is 43.8 Å². The molecule has 2 fully saturated rings. The van der Waals surface area contributed by atoms with Crippen LogP contribution in [0.25, 0.3) is 0 Å². The topological polar surface area (TPSA) is 41.4 Å². The van der Waals surface area contributed by atoms with Crippen LogP contribution >= 0.6 is 0 Å². The Morgan fingerprint density at radius 2 is 2.08 bits per heavy atom. The van der Waals surface area contributed by atoms with Gasteiger partial charge in [0.05, 0.1) is 6.20 Å². The largest absolute Gasteiger partial charge is 0.312 e. The molecule has 0 aliphatic carbocycles. The number of nitrogens with zero attached hydrogens (tertiary/aromatic N) is 4. The molecule has 0 bridgehead atoms. The van der Waals surface area contributed by atoms with E-state index in [9.17, 15) is 13.6 Å². The molecular weight excluding hydrogens is 326 g/mol. The number of hydrogen-bond acceptors (Lipinski definition) is 3. The van der Waals surface area contributed by atoms with Crippen molar-refractivity contribution >= 4 is 11.6 Å². The van der Waals surface area contributed by atoms with Crippen LogP contribution in [0.3, 0.4) is 0 Å². The summed E-state index contributed by atoms with van der Waals surface area (Å²) in [5.41, 5.74) is 1.48. The van der Waals surface area contributed by atoms with E-state index < -0.39 is 11.6 Å². The molecule has 1 aromatic carbocycles.